The van der Waals surface area contributed by atoms with Gasteiger partial charge in [-0.2, -0.15) is 0 Å². The third kappa shape index (κ3) is 2.92. The van der Waals surface area contributed by atoms with Crippen LogP contribution >= 0.6 is 15.9 Å². The largest absolute Gasteiger partial charge is 0.504 e. The topological polar surface area (TPSA) is 98.6 Å². The molecule has 0 fully saturated rings. The summed E-state index contributed by atoms with van der Waals surface area (Å²) in [5.74, 6) is -0.503. The number of fused-ring (bicyclic) bond motifs is 3. The van der Waals surface area contributed by atoms with Crippen LogP contribution in [0.1, 0.15) is 17.4 Å². The van der Waals surface area contributed by atoms with Crippen molar-refractivity contribution in [2.45, 2.75) is 12.6 Å². The highest BCUT2D eigenvalue weighted by atomic mass is 79.9. The van der Waals surface area contributed by atoms with Crippen LogP contribution in [-0.2, 0) is 25.4 Å². The van der Waals surface area contributed by atoms with Gasteiger partial charge in [-0.25, -0.2) is 4.79 Å². The summed E-state index contributed by atoms with van der Waals surface area (Å²) in [6, 6.07) is 12.2. The fourth-order valence-electron chi connectivity index (χ4n) is 4.47. The molecule has 8 nitrogen and oxygen atoms in total. The van der Waals surface area contributed by atoms with Crippen LogP contribution in [0.25, 0.3) is 22.2 Å². The summed E-state index contributed by atoms with van der Waals surface area (Å²) in [6.45, 7) is 0.860. The Bertz CT molecular complexity index is 1520. The summed E-state index contributed by atoms with van der Waals surface area (Å²) in [4.78, 5) is 26.2. The maximum absolute atomic E-state index is 13.4. The molecule has 0 bridgehead atoms. The molecule has 0 saturated carbocycles. The van der Waals surface area contributed by atoms with Gasteiger partial charge >= 0.3 is 5.69 Å². The van der Waals surface area contributed by atoms with Crippen molar-refractivity contribution in [3.63, 3.8) is 0 Å². The molecule has 2 aromatic heterocycles. The Labute approximate surface area is 190 Å². The summed E-state index contributed by atoms with van der Waals surface area (Å²) < 4.78 is 11.5. The molecule has 0 unspecified atom stereocenters. The molecule has 164 valence electrons. The third-order valence-electron chi connectivity index (χ3n) is 5.95. The third-order valence-corrected chi connectivity index (χ3v) is 6.45. The van der Waals surface area contributed by atoms with Crippen molar-refractivity contribution in [3.05, 3.63) is 79.0 Å². The fourth-order valence-corrected chi connectivity index (χ4v) is 4.87. The predicted octanol–water partition coefficient (Wildman–Crippen LogP) is 3.00. The summed E-state index contributed by atoms with van der Waals surface area (Å²) in [5, 5.41) is 20.2. The van der Waals surface area contributed by atoms with Crippen LogP contribution in [0.15, 0.2) is 56.5 Å². The molecule has 2 N–H and O–H groups in total. The summed E-state index contributed by atoms with van der Waals surface area (Å²) >= 11 is 3.51. The van der Waals surface area contributed by atoms with Gasteiger partial charge in [0.25, 0.3) is 5.56 Å². The number of rotatable bonds is 2. The van der Waals surface area contributed by atoms with Gasteiger partial charge < -0.3 is 19.5 Å². The van der Waals surface area contributed by atoms with Crippen LogP contribution in [0.5, 0.6) is 11.5 Å². The standard InChI is InChI=1S/C23H20BrN3O5/c1-25-19-17(22(30)26(2)23(25)31)18(12-4-3-5-14(24)10-12)27-8-9-32-21(20(19)27)13-6-7-15(28)16(29)11-13/h3-7,10-11,21,28-29H,8-9H2,1-2H3/t21-/m1/s1. The van der Waals surface area contributed by atoms with E-state index in [0.717, 1.165) is 14.6 Å². The Morgan fingerprint density at radius 2 is 1.81 bits per heavy atom. The van der Waals surface area contributed by atoms with Crippen molar-refractivity contribution in [2.75, 3.05) is 6.61 Å². The van der Waals surface area contributed by atoms with Crippen molar-refractivity contribution >= 4 is 26.8 Å². The second-order valence-electron chi connectivity index (χ2n) is 7.82. The molecule has 0 aliphatic carbocycles. The number of halogens is 1. The first-order chi connectivity index (χ1) is 15.3. The van der Waals surface area contributed by atoms with Gasteiger partial charge in [0.15, 0.2) is 11.5 Å². The van der Waals surface area contributed by atoms with Crippen LogP contribution in [0.2, 0.25) is 0 Å². The van der Waals surface area contributed by atoms with Crippen LogP contribution in [0.4, 0.5) is 0 Å². The van der Waals surface area contributed by atoms with Gasteiger partial charge in [0.05, 0.1) is 28.9 Å². The van der Waals surface area contributed by atoms with Gasteiger partial charge in [-0.05, 0) is 29.8 Å². The van der Waals surface area contributed by atoms with Gasteiger partial charge in [0.2, 0.25) is 0 Å². The molecule has 4 aromatic rings. The molecule has 3 heterocycles. The van der Waals surface area contributed by atoms with E-state index in [0.29, 0.717) is 41.0 Å². The van der Waals surface area contributed by atoms with Crippen LogP contribution in [0.3, 0.4) is 0 Å². The molecular weight excluding hydrogens is 478 g/mol. The number of aryl methyl sites for hydroxylation is 1. The minimum atomic E-state index is -0.642. The number of hydrogen-bond acceptors (Lipinski definition) is 5. The summed E-state index contributed by atoms with van der Waals surface area (Å²) in [5.41, 5.74) is 2.48. The van der Waals surface area contributed by atoms with E-state index in [9.17, 15) is 19.8 Å². The molecule has 1 aliphatic rings. The maximum Gasteiger partial charge on any atom is 0.331 e. The van der Waals surface area contributed by atoms with Crippen LogP contribution < -0.4 is 11.2 Å². The molecule has 0 spiro atoms. The molecule has 32 heavy (non-hydrogen) atoms. The Morgan fingerprint density at radius 3 is 2.53 bits per heavy atom. The monoisotopic (exact) mass is 497 g/mol. The first-order valence-corrected chi connectivity index (χ1v) is 10.8. The summed E-state index contributed by atoms with van der Waals surface area (Å²) in [7, 11) is 3.10. The van der Waals surface area contributed by atoms with Gasteiger partial charge in [-0.1, -0.05) is 34.1 Å². The number of nitrogens with zero attached hydrogens (tertiary/aromatic N) is 3. The zero-order valence-electron chi connectivity index (χ0n) is 17.4. The SMILES string of the molecule is Cn1c(=O)c2c(-c3cccc(Br)c3)n3c(c2n(C)c1=O)[C@@H](c1ccc(O)c(O)c1)OCC3. The van der Waals surface area contributed by atoms with Gasteiger partial charge in [0.1, 0.15) is 6.10 Å². The molecule has 1 aliphatic heterocycles. The average Bonchev–Trinajstić information content (AvgIpc) is 3.13. The Morgan fingerprint density at radius 1 is 1.03 bits per heavy atom. The molecule has 0 radical (unpaired) electrons. The highest BCUT2D eigenvalue weighted by Crippen LogP contribution is 2.42. The van der Waals surface area contributed by atoms with Crippen LogP contribution in [-0.4, -0.2) is 30.5 Å². The average molecular weight is 498 g/mol. The van der Waals surface area contributed by atoms with Crippen molar-refractivity contribution in [1.82, 2.24) is 13.7 Å². The minimum Gasteiger partial charge on any atom is -0.504 e. The van der Waals surface area contributed by atoms with Crippen molar-refractivity contribution in [2.24, 2.45) is 14.1 Å². The molecule has 2 aromatic carbocycles. The lowest BCUT2D eigenvalue weighted by atomic mass is 10.0. The van der Waals surface area contributed by atoms with Gasteiger partial charge in [0, 0.05) is 30.7 Å². The van der Waals surface area contributed by atoms with Crippen LogP contribution in [0, 0.1) is 0 Å². The molecule has 9 heteroatoms. The zero-order chi connectivity index (χ0) is 22.7. The number of ether oxygens (including phenoxy) is 1. The van der Waals surface area contributed by atoms with Gasteiger partial charge in [-0.3, -0.25) is 13.9 Å². The number of hydrogen-bond donors (Lipinski definition) is 2. The number of aromatic nitrogens is 3. The first-order valence-electron chi connectivity index (χ1n) is 10.0. The van der Waals surface area contributed by atoms with Crippen molar-refractivity contribution in [3.8, 4) is 22.8 Å². The van der Waals surface area contributed by atoms with E-state index in [4.69, 9.17) is 4.74 Å². The molecule has 1 atom stereocenters. The van der Waals surface area contributed by atoms with E-state index in [1.165, 1.54) is 23.7 Å². The van der Waals surface area contributed by atoms with E-state index in [-0.39, 0.29) is 17.1 Å². The van der Waals surface area contributed by atoms with E-state index < -0.39 is 11.8 Å². The predicted molar refractivity (Wildman–Crippen MR) is 123 cm³/mol. The Balaban J connectivity index is 1.94. The molecular formula is C23H20BrN3O5. The van der Waals surface area contributed by atoms with Crippen molar-refractivity contribution < 1.29 is 14.9 Å². The quantitative estimate of drug-likeness (QED) is 0.414. The lowest BCUT2D eigenvalue weighted by molar-refractivity contribution is 0.0477. The van der Waals surface area contributed by atoms with E-state index in [1.54, 1.807) is 13.1 Å². The fraction of sp³-hybridized carbons (Fsp3) is 0.217. The van der Waals surface area contributed by atoms with E-state index >= 15 is 0 Å². The van der Waals surface area contributed by atoms with Crippen molar-refractivity contribution in [1.29, 1.82) is 0 Å². The summed E-state index contributed by atoms with van der Waals surface area (Å²) in [6.07, 6.45) is -0.642. The second kappa shape index (κ2) is 7.39. The number of phenols is 2. The van der Waals surface area contributed by atoms with Gasteiger partial charge in [-0.15, -0.1) is 0 Å². The number of phenolic OH excluding ortho intramolecular Hbond substituents is 2. The lowest BCUT2D eigenvalue weighted by Gasteiger charge is -2.28. The Hall–Kier alpha value is -3.30. The lowest BCUT2D eigenvalue weighted by Crippen LogP contribution is -2.37. The minimum absolute atomic E-state index is 0.235. The first kappa shape index (κ1) is 20.6. The molecule has 0 amide bonds. The van der Waals surface area contributed by atoms with E-state index in [2.05, 4.69) is 15.9 Å². The normalized spacial score (nSPS) is 15.8. The smallest absolute Gasteiger partial charge is 0.331 e. The zero-order valence-corrected chi connectivity index (χ0v) is 19.0. The van der Waals surface area contributed by atoms with E-state index in [1.807, 2.05) is 28.8 Å². The molecule has 5 rings (SSSR count). The number of aromatic hydroxyl groups is 2. The second-order valence-corrected chi connectivity index (χ2v) is 8.74. The highest BCUT2D eigenvalue weighted by molar-refractivity contribution is 9.10. The Kier molecular flexibility index (Phi) is 4.75. The maximum atomic E-state index is 13.4. The number of benzene rings is 2. The molecule has 0 saturated heterocycles. The highest BCUT2D eigenvalue weighted by Gasteiger charge is 2.33.